The third kappa shape index (κ3) is 3.39. The summed E-state index contributed by atoms with van der Waals surface area (Å²) in [4.78, 5) is 22.5. The van der Waals surface area contributed by atoms with Crippen LogP contribution in [0.15, 0.2) is 42.6 Å². The molecule has 4 aromatic rings. The maximum atomic E-state index is 12.1. The highest BCUT2D eigenvalue weighted by Crippen LogP contribution is 2.35. The van der Waals surface area contributed by atoms with Crippen molar-refractivity contribution in [1.29, 1.82) is 0 Å². The lowest BCUT2D eigenvalue weighted by molar-refractivity contribution is -0.117. The van der Waals surface area contributed by atoms with Crippen LogP contribution in [0.25, 0.3) is 27.8 Å². The van der Waals surface area contributed by atoms with E-state index >= 15 is 0 Å². The number of pyridine rings is 1. The van der Waals surface area contributed by atoms with Gasteiger partial charge in [-0.2, -0.15) is 4.98 Å². The van der Waals surface area contributed by atoms with Crippen molar-refractivity contribution >= 4 is 28.4 Å². The number of rotatable bonds is 4. The van der Waals surface area contributed by atoms with Crippen molar-refractivity contribution in [3.05, 3.63) is 48.2 Å². The first-order chi connectivity index (χ1) is 15.2. The molecular weight excluding hydrogens is 388 g/mol. The van der Waals surface area contributed by atoms with Gasteiger partial charge in [0, 0.05) is 28.6 Å². The SMILES string of the molecule is CN1CCC(c2c[nH]c3ccc(-c4cccc5nc(NC(=O)C6CC6)nn45)cc23)CC1. The number of H-pyrrole nitrogens is 1. The summed E-state index contributed by atoms with van der Waals surface area (Å²) in [5.41, 5.74) is 5.37. The van der Waals surface area contributed by atoms with Crippen molar-refractivity contribution in [2.45, 2.75) is 31.6 Å². The number of fused-ring (bicyclic) bond motifs is 2. The number of carbonyl (C=O) groups is 1. The first-order valence-electron chi connectivity index (χ1n) is 11.1. The maximum absolute atomic E-state index is 12.1. The lowest BCUT2D eigenvalue weighted by Gasteiger charge is -2.28. The minimum Gasteiger partial charge on any atom is -0.361 e. The molecule has 3 aromatic heterocycles. The fourth-order valence-electron chi connectivity index (χ4n) is 4.69. The number of hydrogen-bond acceptors (Lipinski definition) is 4. The molecule has 31 heavy (non-hydrogen) atoms. The number of nitrogens with one attached hydrogen (secondary N) is 2. The van der Waals surface area contributed by atoms with Crippen LogP contribution in [0.4, 0.5) is 5.95 Å². The topological polar surface area (TPSA) is 78.3 Å². The van der Waals surface area contributed by atoms with Crippen molar-refractivity contribution in [1.82, 2.24) is 24.5 Å². The zero-order chi connectivity index (χ0) is 20.9. The van der Waals surface area contributed by atoms with Crippen LogP contribution in [-0.2, 0) is 4.79 Å². The standard InChI is InChI=1S/C24H26N6O/c1-29-11-9-15(10-12-29)19-14-25-20-8-7-17(13-18(19)20)21-3-2-4-22-26-24(28-30(21)22)27-23(31)16-5-6-16/h2-4,7-8,13-16,25H,5-6,9-12H2,1H3,(H,27,28,31). The summed E-state index contributed by atoms with van der Waals surface area (Å²) in [6, 6.07) is 12.5. The predicted octanol–water partition coefficient (Wildman–Crippen LogP) is 4.04. The van der Waals surface area contributed by atoms with Crippen LogP contribution in [0, 0.1) is 5.92 Å². The van der Waals surface area contributed by atoms with Gasteiger partial charge in [0.25, 0.3) is 0 Å². The molecule has 1 aromatic carbocycles. The lowest BCUT2D eigenvalue weighted by atomic mass is 9.89. The molecule has 0 unspecified atom stereocenters. The number of benzene rings is 1. The van der Waals surface area contributed by atoms with Crippen LogP contribution in [0.2, 0.25) is 0 Å². The number of anilines is 1. The van der Waals surface area contributed by atoms with Crippen molar-refractivity contribution in [3.8, 4) is 11.3 Å². The van der Waals surface area contributed by atoms with E-state index in [1.165, 1.54) is 29.3 Å². The summed E-state index contributed by atoms with van der Waals surface area (Å²) in [6.07, 6.45) is 6.49. The molecule has 6 rings (SSSR count). The number of piperidine rings is 1. The molecule has 1 aliphatic heterocycles. The molecule has 4 heterocycles. The first-order valence-corrected chi connectivity index (χ1v) is 11.1. The summed E-state index contributed by atoms with van der Waals surface area (Å²) in [5, 5.41) is 8.73. The molecule has 158 valence electrons. The number of amides is 1. The Kier molecular flexibility index (Phi) is 4.31. The molecule has 7 nitrogen and oxygen atoms in total. The molecule has 2 fully saturated rings. The average molecular weight is 415 g/mol. The number of carbonyl (C=O) groups excluding carboxylic acids is 1. The van der Waals surface area contributed by atoms with E-state index in [4.69, 9.17) is 0 Å². The molecule has 2 aliphatic rings. The van der Waals surface area contributed by atoms with Gasteiger partial charge in [-0.1, -0.05) is 12.1 Å². The second kappa shape index (κ2) is 7.20. The Balaban J connectivity index is 1.38. The molecule has 1 saturated carbocycles. The van der Waals surface area contributed by atoms with Gasteiger partial charge in [0.05, 0.1) is 5.69 Å². The van der Waals surface area contributed by atoms with Crippen molar-refractivity contribution in [3.63, 3.8) is 0 Å². The second-order valence-electron chi connectivity index (χ2n) is 8.96. The summed E-state index contributed by atoms with van der Waals surface area (Å²) >= 11 is 0. The van der Waals surface area contributed by atoms with Crippen molar-refractivity contribution < 1.29 is 4.79 Å². The average Bonchev–Trinajstić information content (AvgIpc) is 3.43. The molecule has 1 amide bonds. The van der Waals surface area contributed by atoms with Crippen LogP contribution >= 0.6 is 0 Å². The van der Waals surface area contributed by atoms with Crippen LogP contribution in [0.5, 0.6) is 0 Å². The molecule has 2 N–H and O–H groups in total. The van der Waals surface area contributed by atoms with E-state index in [2.05, 4.69) is 62.8 Å². The predicted molar refractivity (Wildman–Crippen MR) is 121 cm³/mol. The molecule has 7 heteroatoms. The lowest BCUT2D eigenvalue weighted by Crippen LogP contribution is -2.29. The summed E-state index contributed by atoms with van der Waals surface area (Å²) in [6.45, 7) is 2.29. The largest absolute Gasteiger partial charge is 0.361 e. The molecule has 0 bridgehead atoms. The number of aromatic amines is 1. The fourth-order valence-corrected chi connectivity index (χ4v) is 4.69. The Morgan fingerprint density at radius 1 is 1.13 bits per heavy atom. The van der Waals surface area contributed by atoms with Gasteiger partial charge in [0.15, 0.2) is 5.65 Å². The minimum atomic E-state index is 0.0222. The maximum Gasteiger partial charge on any atom is 0.249 e. The summed E-state index contributed by atoms with van der Waals surface area (Å²) in [5.74, 6) is 1.11. The van der Waals surface area contributed by atoms with E-state index < -0.39 is 0 Å². The van der Waals surface area contributed by atoms with Gasteiger partial charge in [-0.3, -0.25) is 10.1 Å². The van der Waals surface area contributed by atoms with E-state index in [0.717, 1.165) is 42.8 Å². The second-order valence-corrected chi connectivity index (χ2v) is 8.96. The smallest absolute Gasteiger partial charge is 0.249 e. The van der Waals surface area contributed by atoms with Crippen molar-refractivity contribution in [2.24, 2.45) is 5.92 Å². The van der Waals surface area contributed by atoms with Crippen LogP contribution in [-0.4, -0.2) is 50.5 Å². The molecule has 1 saturated heterocycles. The van der Waals surface area contributed by atoms with Gasteiger partial charge in [-0.25, -0.2) is 4.52 Å². The van der Waals surface area contributed by atoms with E-state index in [9.17, 15) is 4.79 Å². The highest BCUT2D eigenvalue weighted by Gasteiger charge is 2.30. The third-order valence-corrected chi connectivity index (χ3v) is 6.71. The number of nitrogens with zero attached hydrogens (tertiary/aromatic N) is 4. The molecule has 0 atom stereocenters. The van der Waals surface area contributed by atoms with Gasteiger partial charge in [0.1, 0.15) is 0 Å². The Bertz CT molecular complexity index is 1280. The van der Waals surface area contributed by atoms with Gasteiger partial charge >= 0.3 is 0 Å². The van der Waals surface area contributed by atoms with Crippen LogP contribution < -0.4 is 5.32 Å². The Labute approximate surface area is 180 Å². The van der Waals surface area contributed by atoms with Crippen LogP contribution in [0.1, 0.15) is 37.2 Å². The van der Waals surface area contributed by atoms with Gasteiger partial charge < -0.3 is 9.88 Å². The molecule has 0 radical (unpaired) electrons. The van der Waals surface area contributed by atoms with E-state index in [-0.39, 0.29) is 11.8 Å². The fraction of sp³-hybridized carbons (Fsp3) is 0.375. The monoisotopic (exact) mass is 414 g/mol. The van der Waals surface area contributed by atoms with Gasteiger partial charge in [0.2, 0.25) is 11.9 Å². The Morgan fingerprint density at radius 3 is 2.77 bits per heavy atom. The van der Waals surface area contributed by atoms with Crippen LogP contribution in [0.3, 0.4) is 0 Å². The Morgan fingerprint density at radius 2 is 1.97 bits per heavy atom. The first kappa shape index (κ1) is 18.6. The highest BCUT2D eigenvalue weighted by atomic mass is 16.2. The number of likely N-dealkylation sites (tertiary alicyclic amines) is 1. The molecular formula is C24H26N6O. The zero-order valence-corrected chi connectivity index (χ0v) is 17.6. The summed E-state index contributed by atoms with van der Waals surface area (Å²) in [7, 11) is 2.20. The third-order valence-electron chi connectivity index (χ3n) is 6.71. The van der Waals surface area contributed by atoms with E-state index in [0.29, 0.717) is 11.9 Å². The normalized spacial score (nSPS) is 18.1. The Hall–Kier alpha value is -3.19. The van der Waals surface area contributed by atoms with Crippen molar-refractivity contribution in [2.75, 3.05) is 25.5 Å². The minimum absolute atomic E-state index is 0.0222. The number of aromatic nitrogens is 4. The quantitative estimate of drug-likeness (QED) is 0.528. The highest BCUT2D eigenvalue weighted by molar-refractivity contribution is 5.93. The zero-order valence-electron chi connectivity index (χ0n) is 17.6. The molecule has 0 spiro atoms. The summed E-state index contributed by atoms with van der Waals surface area (Å²) < 4.78 is 1.82. The van der Waals surface area contributed by atoms with Gasteiger partial charge in [-0.05, 0) is 81.6 Å². The van der Waals surface area contributed by atoms with E-state index in [1.807, 2.05) is 16.6 Å². The molecule has 1 aliphatic carbocycles. The number of hydrogen-bond donors (Lipinski definition) is 2. The van der Waals surface area contributed by atoms with E-state index in [1.54, 1.807) is 0 Å². The van der Waals surface area contributed by atoms with Gasteiger partial charge in [-0.15, -0.1) is 5.10 Å².